The molecule has 0 unspecified atom stereocenters. The molecule has 2 aromatic heterocycles. The fourth-order valence-corrected chi connectivity index (χ4v) is 2.49. The minimum Gasteiger partial charge on any atom is -0.294 e. The Hall–Kier alpha value is -1.62. The first-order chi connectivity index (χ1) is 8.75. The Morgan fingerprint density at radius 3 is 2.94 bits per heavy atom. The highest BCUT2D eigenvalue weighted by Gasteiger charge is 2.20. The molecule has 0 spiro atoms. The molecule has 2 heterocycles. The number of hydrogen-bond acceptors (Lipinski definition) is 4. The van der Waals surface area contributed by atoms with Crippen LogP contribution in [-0.2, 0) is 6.42 Å². The predicted octanol–water partition coefficient (Wildman–Crippen LogP) is 2.82. The summed E-state index contributed by atoms with van der Waals surface area (Å²) in [6.45, 7) is 0. The van der Waals surface area contributed by atoms with Gasteiger partial charge in [-0.2, -0.15) is 0 Å². The molecule has 0 fully saturated rings. The lowest BCUT2D eigenvalue weighted by Gasteiger charge is -2.13. The van der Waals surface area contributed by atoms with Crippen molar-refractivity contribution in [2.75, 3.05) is 0 Å². The molecule has 0 bridgehead atoms. The number of nitrogens with zero attached hydrogens (tertiary/aromatic N) is 3. The molecular formula is C13H10BrN3O. The van der Waals surface area contributed by atoms with E-state index in [1.807, 2.05) is 12.1 Å². The molecule has 3 rings (SSSR count). The van der Waals surface area contributed by atoms with E-state index in [2.05, 4.69) is 30.9 Å². The number of fused-ring (bicyclic) bond motifs is 1. The lowest BCUT2D eigenvalue weighted by Crippen LogP contribution is -2.14. The minimum atomic E-state index is 0.142. The maximum atomic E-state index is 11.7. The molecule has 0 N–H and O–H groups in total. The molecule has 4 nitrogen and oxygen atoms in total. The maximum Gasteiger partial charge on any atom is 0.179 e. The van der Waals surface area contributed by atoms with Crippen LogP contribution in [0, 0.1) is 0 Å². The second kappa shape index (κ2) is 4.57. The number of ketones is 1. The van der Waals surface area contributed by atoms with E-state index < -0.39 is 0 Å². The van der Waals surface area contributed by atoms with Crippen molar-refractivity contribution in [3.05, 3.63) is 40.3 Å². The Morgan fingerprint density at radius 2 is 2.11 bits per heavy atom. The summed E-state index contributed by atoms with van der Waals surface area (Å²) < 4.78 is 0.854. The summed E-state index contributed by atoms with van der Waals surface area (Å²) in [6, 6.07) is 3.74. The molecule has 0 saturated heterocycles. The van der Waals surface area contributed by atoms with E-state index in [9.17, 15) is 4.79 Å². The lowest BCUT2D eigenvalue weighted by atomic mass is 9.96. The van der Waals surface area contributed by atoms with Crippen LogP contribution >= 0.6 is 15.9 Å². The quantitative estimate of drug-likeness (QED) is 0.813. The van der Waals surface area contributed by atoms with Crippen molar-refractivity contribution in [1.29, 1.82) is 0 Å². The number of rotatable bonds is 1. The average Bonchev–Trinajstić information content (AvgIpc) is 2.39. The molecular weight excluding hydrogens is 294 g/mol. The van der Waals surface area contributed by atoms with Crippen LogP contribution in [0.25, 0.3) is 11.5 Å². The van der Waals surface area contributed by atoms with E-state index in [1.54, 1.807) is 12.4 Å². The number of aryl methyl sites for hydroxylation is 1. The highest BCUT2D eigenvalue weighted by atomic mass is 79.9. The van der Waals surface area contributed by atoms with Gasteiger partial charge in [-0.15, -0.1) is 0 Å². The Bertz CT molecular complexity index is 627. The van der Waals surface area contributed by atoms with Gasteiger partial charge in [0, 0.05) is 23.3 Å². The van der Waals surface area contributed by atoms with Gasteiger partial charge in [0.25, 0.3) is 0 Å². The van der Waals surface area contributed by atoms with E-state index >= 15 is 0 Å². The van der Waals surface area contributed by atoms with Gasteiger partial charge < -0.3 is 0 Å². The number of aromatic nitrogens is 3. The van der Waals surface area contributed by atoms with Crippen molar-refractivity contribution in [3.63, 3.8) is 0 Å². The predicted molar refractivity (Wildman–Crippen MR) is 70.2 cm³/mol. The summed E-state index contributed by atoms with van der Waals surface area (Å²) in [5.41, 5.74) is 2.21. The summed E-state index contributed by atoms with van der Waals surface area (Å²) in [7, 11) is 0. The zero-order chi connectivity index (χ0) is 12.5. The summed E-state index contributed by atoms with van der Waals surface area (Å²) in [4.78, 5) is 24.7. The molecule has 90 valence electrons. The van der Waals surface area contributed by atoms with Crippen LogP contribution in [0.2, 0.25) is 0 Å². The fourth-order valence-electron chi connectivity index (χ4n) is 2.06. The van der Waals surface area contributed by atoms with E-state index in [0.717, 1.165) is 23.0 Å². The molecule has 0 aromatic carbocycles. The Balaban J connectivity index is 2.10. The third-order valence-electron chi connectivity index (χ3n) is 2.96. The number of pyridine rings is 1. The normalized spacial score (nSPS) is 14.4. The van der Waals surface area contributed by atoms with Crippen molar-refractivity contribution in [1.82, 2.24) is 15.0 Å². The van der Waals surface area contributed by atoms with Gasteiger partial charge in [-0.3, -0.25) is 9.78 Å². The average molecular weight is 304 g/mol. The number of carbonyl (C=O) groups is 1. The van der Waals surface area contributed by atoms with Crippen LogP contribution in [0.5, 0.6) is 0 Å². The second-order valence-corrected chi connectivity index (χ2v) is 5.02. The van der Waals surface area contributed by atoms with Crippen LogP contribution < -0.4 is 0 Å². The molecule has 0 atom stereocenters. The summed E-state index contributed by atoms with van der Waals surface area (Å²) >= 11 is 3.43. The zero-order valence-electron chi connectivity index (χ0n) is 9.56. The Morgan fingerprint density at radius 1 is 1.22 bits per heavy atom. The molecule has 0 radical (unpaired) electrons. The molecule has 0 amide bonds. The maximum absolute atomic E-state index is 11.7. The van der Waals surface area contributed by atoms with E-state index in [4.69, 9.17) is 0 Å². The number of carbonyl (C=O) groups excluding carboxylic acids is 1. The Labute approximate surface area is 113 Å². The van der Waals surface area contributed by atoms with Crippen molar-refractivity contribution in [2.24, 2.45) is 0 Å². The van der Waals surface area contributed by atoms with E-state index in [0.29, 0.717) is 23.5 Å². The van der Waals surface area contributed by atoms with Crippen LogP contribution in [0.1, 0.15) is 28.9 Å². The second-order valence-electron chi connectivity index (χ2n) is 4.16. The fraction of sp³-hybridized carbons (Fsp3) is 0.231. The van der Waals surface area contributed by atoms with Gasteiger partial charge in [-0.05, 0) is 40.9 Å². The van der Waals surface area contributed by atoms with Crippen molar-refractivity contribution in [3.8, 4) is 11.5 Å². The number of halogens is 1. The van der Waals surface area contributed by atoms with Gasteiger partial charge in [0.15, 0.2) is 11.6 Å². The van der Waals surface area contributed by atoms with Crippen molar-refractivity contribution >= 4 is 21.7 Å². The first kappa shape index (κ1) is 11.5. The molecule has 18 heavy (non-hydrogen) atoms. The van der Waals surface area contributed by atoms with Crippen molar-refractivity contribution < 1.29 is 4.79 Å². The smallest absolute Gasteiger partial charge is 0.179 e. The van der Waals surface area contributed by atoms with Crippen LogP contribution in [0.4, 0.5) is 0 Å². The third-order valence-corrected chi connectivity index (χ3v) is 3.60. The number of hydrogen-bond donors (Lipinski definition) is 0. The first-order valence-electron chi connectivity index (χ1n) is 5.76. The van der Waals surface area contributed by atoms with Crippen LogP contribution in [0.15, 0.2) is 29.0 Å². The van der Waals surface area contributed by atoms with Gasteiger partial charge >= 0.3 is 0 Å². The van der Waals surface area contributed by atoms with Gasteiger partial charge in [0.2, 0.25) is 0 Å². The van der Waals surface area contributed by atoms with Gasteiger partial charge in [0.05, 0.1) is 11.3 Å². The SMILES string of the molecule is O=C1CCCc2nc(-c3ncccc3Br)ncc21. The first-order valence-corrected chi connectivity index (χ1v) is 6.55. The van der Waals surface area contributed by atoms with Crippen LogP contribution in [0.3, 0.4) is 0 Å². The topological polar surface area (TPSA) is 55.7 Å². The molecule has 1 aliphatic carbocycles. The standard InChI is InChI=1S/C13H10BrN3O/c14-9-3-2-6-15-12(9)13-16-7-8-10(17-13)4-1-5-11(8)18/h2-3,6-7H,1,4-5H2. The molecule has 1 aliphatic rings. The zero-order valence-corrected chi connectivity index (χ0v) is 11.1. The minimum absolute atomic E-state index is 0.142. The molecule has 0 saturated carbocycles. The van der Waals surface area contributed by atoms with Crippen molar-refractivity contribution in [2.45, 2.75) is 19.3 Å². The third kappa shape index (κ3) is 1.95. The Kier molecular flexibility index (Phi) is 2.91. The highest BCUT2D eigenvalue weighted by molar-refractivity contribution is 9.10. The summed E-state index contributed by atoms with van der Waals surface area (Å²) in [5, 5.41) is 0. The van der Waals surface area contributed by atoms with Gasteiger partial charge in [0.1, 0.15) is 5.69 Å². The van der Waals surface area contributed by atoms with Crippen LogP contribution in [-0.4, -0.2) is 20.7 Å². The summed E-state index contributed by atoms with van der Waals surface area (Å²) in [5.74, 6) is 0.707. The monoisotopic (exact) mass is 303 g/mol. The van der Waals surface area contributed by atoms with Gasteiger partial charge in [-0.1, -0.05) is 0 Å². The van der Waals surface area contributed by atoms with E-state index in [1.165, 1.54) is 0 Å². The van der Waals surface area contributed by atoms with Gasteiger partial charge in [-0.25, -0.2) is 9.97 Å². The largest absolute Gasteiger partial charge is 0.294 e. The van der Waals surface area contributed by atoms with E-state index in [-0.39, 0.29) is 5.78 Å². The summed E-state index contributed by atoms with van der Waals surface area (Å²) in [6.07, 6.45) is 5.63. The highest BCUT2D eigenvalue weighted by Crippen LogP contribution is 2.25. The molecule has 2 aromatic rings. The molecule has 5 heteroatoms. The molecule has 0 aliphatic heterocycles. The lowest BCUT2D eigenvalue weighted by molar-refractivity contribution is 0.0971. The number of Topliss-reactive ketones (excluding diaryl/α,β-unsaturated/α-hetero) is 1.